The summed E-state index contributed by atoms with van der Waals surface area (Å²) in [5, 5.41) is 8.90. The van der Waals surface area contributed by atoms with Crippen molar-refractivity contribution >= 4 is 18.0 Å². The van der Waals surface area contributed by atoms with E-state index in [4.69, 9.17) is 14.6 Å². The van der Waals surface area contributed by atoms with Crippen LogP contribution in [-0.2, 0) is 25.7 Å². The zero-order valence-corrected chi connectivity index (χ0v) is 15.7. The van der Waals surface area contributed by atoms with Crippen LogP contribution in [0, 0.1) is 0 Å². The Bertz CT molecular complexity index is 651. The molecule has 8 nitrogen and oxygen atoms in total. The van der Waals surface area contributed by atoms with Gasteiger partial charge in [-0.15, -0.1) is 0 Å². The minimum atomic E-state index is -0.917. The van der Waals surface area contributed by atoms with Crippen molar-refractivity contribution in [2.24, 2.45) is 0 Å². The predicted molar refractivity (Wildman–Crippen MR) is 97.0 cm³/mol. The van der Waals surface area contributed by atoms with Crippen LogP contribution < -0.4 is 0 Å². The van der Waals surface area contributed by atoms with E-state index in [1.807, 2.05) is 30.3 Å². The Morgan fingerprint density at radius 1 is 1.26 bits per heavy atom. The van der Waals surface area contributed by atoms with Gasteiger partial charge in [0.15, 0.2) is 0 Å². The highest BCUT2D eigenvalue weighted by atomic mass is 16.6. The number of carboxylic acid groups (broad SMARTS) is 1. The molecule has 0 saturated carbocycles. The molecule has 1 aliphatic heterocycles. The number of piperazine rings is 1. The highest BCUT2D eigenvalue weighted by Gasteiger charge is 2.38. The van der Waals surface area contributed by atoms with E-state index in [1.54, 1.807) is 11.8 Å². The summed E-state index contributed by atoms with van der Waals surface area (Å²) in [6.07, 6.45) is -0.275. The van der Waals surface area contributed by atoms with E-state index in [-0.39, 0.29) is 31.6 Å². The van der Waals surface area contributed by atoms with Gasteiger partial charge >= 0.3 is 12.1 Å². The Hall–Kier alpha value is -2.61. The first-order chi connectivity index (χ1) is 12.9. The van der Waals surface area contributed by atoms with Crippen LogP contribution in [-0.4, -0.2) is 71.8 Å². The van der Waals surface area contributed by atoms with Gasteiger partial charge in [0.25, 0.3) is 0 Å². The third-order valence-corrected chi connectivity index (χ3v) is 4.62. The molecule has 8 heteroatoms. The number of amides is 2. The Morgan fingerprint density at radius 2 is 1.96 bits per heavy atom. The normalized spacial score (nSPS) is 18.3. The highest BCUT2D eigenvalue weighted by Crippen LogP contribution is 2.18. The van der Waals surface area contributed by atoms with Crippen LogP contribution in [0.3, 0.4) is 0 Å². The summed E-state index contributed by atoms with van der Waals surface area (Å²) < 4.78 is 10.5. The number of methoxy groups -OCH3 is 1. The highest BCUT2D eigenvalue weighted by molar-refractivity contribution is 5.86. The largest absolute Gasteiger partial charge is 0.481 e. The van der Waals surface area contributed by atoms with E-state index in [2.05, 4.69) is 0 Å². The Morgan fingerprint density at radius 3 is 2.59 bits per heavy atom. The molecule has 2 atom stereocenters. The molecule has 148 valence electrons. The number of nitrogens with zero attached hydrogens (tertiary/aromatic N) is 2. The number of hydrogen-bond acceptors (Lipinski definition) is 5. The number of carboxylic acids is 1. The van der Waals surface area contributed by atoms with Gasteiger partial charge in [0.2, 0.25) is 5.91 Å². The van der Waals surface area contributed by atoms with Crippen molar-refractivity contribution in [3.63, 3.8) is 0 Å². The van der Waals surface area contributed by atoms with Crippen LogP contribution in [0.1, 0.15) is 25.3 Å². The number of ether oxygens (including phenoxy) is 2. The lowest BCUT2D eigenvalue weighted by Crippen LogP contribution is -2.60. The van der Waals surface area contributed by atoms with Gasteiger partial charge in [0.05, 0.1) is 12.6 Å². The van der Waals surface area contributed by atoms with Crippen molar-refractivity contribution in [1.29, 1.82) is 0 Å². The Labute approximate surface area is 158 Å². The molecular formula is C19H26N2O6. The Kier molecular flexibility index (Phi) is 7.60. The molecule has 1 aliphatic rings. The summed E-state index contributed by atoms with van der Waals surface area (Å²) in [6, 6.07) is 8.32. The SMILES string of the molecule is COC[C@H](CCC(=O)O)N1CCN(C(=O)OCc2ccccc2)C(C)C1=O. The van der Waals surface area contributed by atoms with E-state index in [0.29, 0.717) is 19.5 Å². The van der Waals surface area contributed by atoms with Crippen molar-refractivity contribution in [2.45, 2.75) is 38.5 Å². The van der Waals surface area contributed by atoms with E-state index in [0.717, 1.165) is 5.56 Å². The van der Waals surface area contributed by atoms with E-state index in [1.165, 1.54) is 12.0 Å². The molecule has 1 N–H and O–H groups in total. The van der Waals surface area contributed by atoms with Crippen molar-refractivity contribution in [2.75, 3.05) is 26.8 Å². The van der Waals surface area contributed by atoms with Crippen molar-refractivity contribution < 1.29 is 29.0 Å². The van der Waals surface area contributed by atoms with Gasteiger partial charge in [0, 0.05) is 26.6 Å². The van der Waals surface area contributed by atoms with Crippen LogP contribution in [0.15, 0.2) is 30.3 Å². The standard InChI is InChI=1S/C19H26N2O6/c1-14-18(24)21(16(13-26-2)8-9-17(22)23)11-10-20(14)19(25)27-12-15-6-4-3-5-7-15/h3-7,14,16H,8-13H2,1-2H3,(H,22,23)/t14?,16-/m0/s1. The summed E-state index contributed by atoms with van der Waals surface area (Å²) in [5.74, 6) is -1.15. The third-order valence-electron chi connectivity index (χ3n) is 4.62. The maximum atomic E-state index is 12.7. The number of hydrogen-bond donors (Lipinski definition) is 1. The van der Waals surface area contributed by atoms with Crippen LogP contribution in [0.5, 0.6) is 0 Å². The van der Waals surface area contributed by atoms with Gasteiger partial charge < -0.3 is 19.5 Å². The fourth-order valence-corrected chi connectivity index (χ4v) is 3.12. The number of carbonyl (C=O) groups is 3. The van der Waals surface area contributed by atoms with E-state index >= 15 is 0 Å². The maximum absolute atomic E-state index is 12.7. The van der Waals surface area contributed by atoms with E-state index in [9.17, 15) is 14.4 Å². The lowest BCUT2D eigenvalue weighted by atomic mass is 10.1. The van der Waals surface area contributed by atoms with Gasteiger partial charge in [-0.2, -0.15) is 0 Å². The molecule has 1 saturated heterocycles. The summed E-state index contributed by atoms with van der Waals surface area (Å²) in [5.41, 5.74) is 0.872. The summed E-state index contributed by atoms with van der Waals surface area (Å²) >= 11 is 0. The van der Waals surface area contributed by atoms with E-state index < -0.39 is 18.1 Å². The third kappa shape index (κ3) is 5.68. The van der Waals surface area contributed by atoms with Crippen LogP contribution in [0.4, 0.5) is 4.79 Å². The zero-order chi connectivity index (χ0) is 19.8. The summed E-state index contributed by atoms with van der Waals surface area (Å²) in [6.45, 7) is 2.69. The lowest BCUT2D eigenvalue weighted by Gasteiger charge is -2.42. The number of carbonyl (C=O) groups excluding carboxylic acids is 2. The molecule has 1 fully saturated rings. The monoisotopic (exact) mass is 378 g/mol. The molecule has 0 spiro atoms. The first-order valence-electron chi connectivity index (χ1n) is 8.92. The average molecular weight is 378 g/mol. The molecule has 0 bridgehead atoms. The smallest absolute Gasteiger partial charge is 0.410 e. The van der Waals surface area contributed by atoms with Crippen LogP contribution >= 0.6 is 0 Å². The first-order valence-corrected chi connectivity index (χ1v) is 8.92. The maximum Gasteiger partial charge on any atom is 0.410 e. The molecular weight excluding hydrogens is 352 g/mol. The lowest BCUT2D eigenvalue weighted by molar-refractivity contribution is -0.146. The van der Waals surface area contributed by atoms with Gasteiger partial charge in [-0.05, 0) is 18.9 Å². The molecule has 1 unspecified atom stereocenters. The second kappa shape index (κ2) is 9.91. The molecule has 1 aromatic rings. The van der Waals surface area contributed by atoms with Gasteiger partial charge in [-0.1, -0.05) is 30.3 Å². The van der Waals surface area contributed by atoms with Gasteiger partial charge in [0.1, 0.15) is 12.6 Å². The quantitative estimate of drug-likeness (QED) is 0.740. The van der Waals surface area contributed by atoms with Gasteiger partial charge in [-0.25, -0.2) is 4.79 Å². The second-order valence-electron chi connectivity index (χ2n) is 6.48. The molecule has 2 amide bonds. The number of rotatable bonds is 8. The average Bonchev–Trinajstić information content (AvgIpc) is 2.66. The summed E-state index contributed by atoms with van der Waals surface area (Å²) in [4.78, 5) is 39.0. The van der Waals surface area contributed by atoms with Crippen molar-refractivity contribution in [3.05, 3.63) is 35.9 Å². The molecule has 2 rings (SSSR count). The minimum absolute atomic E-state index is 0.0466. The fourth-order valence-electron chi connectivity index (χ4n) is 3.12. The number of benzene rings is 1. The Balaban J connectivity index is 1.95. The molecule has 0 aliphatic carbocycles. The minimum Gasteiger partial charge on any atom is -0.481 e. The molecule has 0 radical (unpaired) electrons. The zero-order valence-electron chi connectivity index (χ0n) is 15.7. The molecule has 27 heavy (non-hydrogen) atoms. The second-order valence-corrected chi connectivity index (χ2v) is 6.48. The van der Waals surface area contributed by atoms with Crippen molar-refractivity contribution in [3.8, 4) is 0 Å². The molecule has 0 aromatic heterocycles. The number of aliphatic carboxylic acids is 1. The summed E-state index contributed by atoms with van der Waals surface area (Å²) in [7, 11) is 1.51. The topological polar surface area (TPSA) is 96.4 Å². The first kappa shape index (κ1) is 20.7. The van der Waals surface area contributed by atoms with Crippen LogP contribution in [0.2, 0.25) is 0 Å². The van der Waals surface area contributed by atoms with Gasteiger partial charge in [-0.3, -0.25) is 14.5 Å². The van der Waals surface area contributed by atoms with Crippen LogP contribution in [0.25, 0.3) is 0 Å². The molecule has 1 aromatic carbocycles. The fraction of sp³-hybridized carbons (Fsp3) is 0.526. The molecule has 1 heterocycles. The van der Waals surface area contributed by atoms with Crippen molar-refractivity contribution in [1.82, 2.24) is 9.80 Å². The predicted octanol–water partition coefficient (Wildman–Crippen LogP) is 1.74.